The molecule has 0 spiro atoms. The summed E-state index contributed by atoms with van der Waals surface area (Å²) < 4.78 is 0. The number of para-hydroxylation sites is 1. The van der Waals surface area contributed by atoms with Crippen molar-refractivity contribution in [2.24, 2.45) is 0 Å². The Morgan fingerprint density at radius 3 is 2.77 bits per heavy atom. The quantitative estimate of drug-likeness (QED) is 0.482. The minimum Gasteiger partial charge on any atom is -0.348 e. The molecule has 1 aromatic carbocycles. The van der Waals surface area contributed by atoms with Crippen LogP contribution in [-0.4, -0.2) is 15.9 Å². The molecule has 3 heterocycles. The maximum atomic E-state index is 13.4. The van der Waals surface area contributed by atoms with E-state index in [0.29, 0.717) is 6.54 Å². The van der Waals surface area contributed by atoms with Crippen LogP contribution in [0.25, 0.3) is 22.6 Å². The normalized spacial score (nSPS) is 14.6. The van der Waals surface area contributed by atoms with E-state index in [4.69, 9.17) is 4.98 Å². The van der Waals surface area contributed by atoms with Crippen molar-refractivity contribution in [2.45, 2.75) is 25.8 Å². The van der Waals surface area contributed by atoms with Crippen LogP contribution in [0.2, 0.25) is 0 Å². The second kappa shape index (κ2) is 8.20. The molecule has 0 bridgehead atoms. The van der Waals surface area contributed by atoms with E-state index in [-0.39, 0.29) is 5.91 Å². The minimum absolute atomic E-state index is 0.0426. The predicted molar refractivity (Wildman–Crippen MR) is 122 cm³/mol. The number of amides is 1. The Morgan fingerprint density at radius 1 is 1.07 bits per heavy atom. The number of fused-ring (bicyclic) bond motifs is 2. The molecule has 148 valence electrons. The first-order chi connectivity index (χ1) is 14.8. The molecule has 1 aliphatic rings. The van der Waals surface area contributed by atoms with Gasteiger partial charge in [-0.1, -0.05) is 24.3 Å². The summed E-state index contributed by atoms with van der Waals surface area (Å²) in [5.74, 6) is -0.0426. The highest BCUT2D eigenvalue weighted by atomic mass is 32.1. The molecule has 1 N–H and O–H groups in total. The van der Waals surface area contributed by atoms with Crippen molar-refractivity contribution in [3.05, 3.63) is 93.6 Å². The lowest BCUT2D eigenvalue weighted by molar-refractivity contribution is 0.0951. The zero-order chi connectivity index (χ0) is 20.3. The Labute approximate surface area is 179 Å². The molecular formula is C25H21N3OS. The molecule has 30 heavy (non-hydrogen) atoms. The van der Waals surface area contributed by atoms with Gasteiger partial charge in [0.25, 0.3) is 5.91 Å². The van der Waals surface area contributed by atoms with Crippen molar-refractivity contribution in [3.63, 3.8) is 0 Å². The fourth-order valence-electron chi connectivity index (χ4n) is 4.05. The van der Waals surface area contributed by atoms with Gasteiger partial charge in [-0.3, -0.25) is 9.78 Å². The smallest absolute Gasteiger partial charge is 0.252 e. The topological polar surface area (TPSA) is 54.9 Å². The van der Waals surface area contributed by atoms with E-state index in [0.717, 1.165) is 52.5 Å². The fourth-order valence-corrected chi connectivity index (χ4v) is 4.73. The van der Waals surface area contributed by atoms with Crippen molar-refractivity contribution < 1.29 is 4.79 Å². The maximum absolute atomic E-state index is 13.4. The van der Waals surface area contributed by atoms with Crippen LogP contribution in [-0.2, 0) is 13.0 Å². The molecule has 1 amide bonds. The summed E-state index contributed by atoms with van der Waals surface area (Å²) in [4.78, 5) is 23.6. The van der Waals surface area contributed by atoms with Gasteiger partial charge in [0.1, 0.15) is 0 Å². The molecule has 0 unspecified atom stereocenters. The molecule has 4 aromatic rings. The number of carbonyl (C=O) groups excluding carboxylic acids is 1. The summed E-state index contributed by atoms with van der Waals surface area (Å²) >= 11 is 1.72. The molecule has 5 rings (SSSR count). The van der Waals surface area contributed by atoms with Crippen molar-refractivity contribution in [3.8, 4) is 0 Å². The second-order valence-electron chi connectivity index (χ2n) is 7.41. The van der Waals surface area contributed by atoms with Gasteiger partial charge in [-0.15, -0.1) is 11.3 Å². The summed E-state index contributed by atoms with van der Waals surface area (Å²) in [6, 6.07) is 16.0. The molecule has 5 heteroatoms. The van der Waals surface area contributed by atoms with Crippen molar-refractivity contribution in [1.82, 2.24) is 15.3 Å². The van der Waals surface area contributed by atoms with Gasteiger partial charge in [-0.25, -0.2) is 4.98 Å². The van der Waals surface area contributed by atoms with Crippen LogP contribution in [0.3, 0.4) is 0 Å². The molecule has 3 aromatic heterocycles. The number of benzene rings is 1. The van der Waals surface area contributed by atoms with Crippen LogP contribution >= 0.6 is 11.3 Å². The highest BCUT2D eigenvalue weighted by Gasteiger charge is 2.25. The van der Waals surface area contributed by atoms with Crippen molar-refractivity contribution in [1.29, 1.82) is 0 Å². The van der Waals surface area contributed by atoms with Gasteiger partial charge in [-0.2, -0.15) is 0 Å². The second-order valence-corrected chi connectivity index (χ2v) is 8.39. The molecule has 0 saturated carbocycles. The highest BCUT2D eigenvalue weighted by Crippen LogP contribution is 2.36. The summed E-state index contributed by atoms with van der Waals surface area (Å²) in [6.07, 6.45) is 8.58. The van der Waals surface area contributed by atoms with Gasteiger partial charge in [0.15, 0.2) is 0 Å². The van der Waals surface area contributed by atoms with E-state index in [1.165, 1.54) is 10.5 Å². The largest absolute Gasteiger partial charge is 0.348 e. The lowest BCUT2D eigenvalue weighted by Gasteiger charge is -2.22. The van der Waals surface area contributed by atoms with Crippen LogP contribution in [0.5, 0.6) is 0 Å². The van der Waals surface area contributed by atoms with Crippen LogP contribution in [0.4, 0.5) is 0 Å². The number of thiophene rings is 1. The Hall–Kier alpha value is -3.31. The van der Waals surface area contributed by atoms with Gasteiger partial charge < -0.3 is 5.32 Å². The van der Waals surface area contributed by atoms with E-state index in [1.54, 1.807) is 23.7 Å². The van der Waals surface area contributed by atoms with E-state index >= 15 is 0 Å². The van der Waals surface area contributed by atoms with Gasteiger partial charge in [-0.05, 0) is 71.7 Å². The zero-order valence-electron chi connectivity index (χ0n) is 16.5. The number of hydrogen-bond acceptors (Lipinski definition) is 4. The monoisotopic (exact) mass is 411 g/mol. The third-order valence-corrected chi connectivity index (χ3v) is 6.28. The summed E-state index contributed by atoms with van der Waals surface area (Å²) in [7, 11) is 0. The zero-order valence-corrected chi connectivity index (χ0v) is 17.3. The number of pyridine rings is 2. The molecule has 0 radical (unpaired) electrons. The van der Waals surface area contributed by atoms with Gasteiger partial charge >= 0.3 is 0 Å². The number of carbonyl (C=O) groups is 1. The van der Waals surface area contributed by atoms with Crippen LogP contribution < -0.4 is 5.32 Å². The lowest BCUT2D eigenvalue weighted by Crippen LogP contribution is -2.26. The van der Waals surface area contributed by atoms with E-state index in [9.17, 15) is 4.79 Å². The van der Waals surface area contributed by atoms with Crippen molar-refractivity contribution >= 4 is 39.8 Å². The van der Waals surface area contributed by atoms with E-state index < -0.39 is 0 Å². The minimum atomic E-state index is -0.0426. The first-order valence-electron chi connectivity index (χ1n) is 10.1. The first kappa shape index (κ1) is 18.7. The number of nitrogens with one attached hydrogen (secondary N) is 1. The average molecular weight is 412 g/mol. The first-order valence-corrected chi connectivity index (χ1v) is 11.0. The Bertz CT molecular complexity index is 1230. The van der Waals surface area contributed by atoms with Crippen molar-refractivity contribution in [2.75, 3.05) is 0 Å². The molecule has 0 aliphatic heterocycles. The molecule has 0 atom stereocenters. The van der Waals surface area contributed by atoms with E-state index in [1.807, 2.05) is 36.4 Å². The summed E-state index contributed by atoms with van der Waals surface area (Å²) in [6.45, 7) is 0.477. The third-order valence-electron chi connectivity index (χ3n) is 5.46. The van der Waals surface area contributed by atoms with Crippen LogP contribution in [0.15, 0.2) is 66.3 Å². The maximum Gasteiger partial charge on any atom is 0.252 e. The third kappa shape index (κ3) is 3.64. The van der Waals surface area contributed by atoms with Crippen LogP contribution in [0.1, 0.15) is 44.9 Å². The Morgan fingerprint density at radius 2 is 1.93 bits per heavy atom. The number of hydrogen-bond donors (Lipinski definition) is 1. The fraction of sp³-hybridized carbons (Fsp3) is 0.160. The lowest BCUT2D eigenvalue weighted by atomic mass is 9.86. The molecule has 0 saturated heterocycles. The SMILES string of the molecule is O=C(NCc1ccncc1)c1c2c(nc3ccccc13)/C(=C/c1cccs1)CCC2. The number of rotatable bonds is 4. The van der Waals surface area contributed by atoms with E-state index in [2.05, 4.69) is 33.9 Å². The average Bonchev–Trinajstić information content (AvgIpc) is 3.30. The Balaban J connectivity index is 1.59. The summed E-state index contributed by atoms with van der Waals surface area (Å²) in [5.41, 5.74) is 5.92. The number of allylic oxidation sites excluding steroid dienone is 1. The van der Waals surface area contributed by atoms with Gasteiger partial charge in [0.05, 0.1) is 16.8 Å². The molecule has 1 aliphatic carbocycles. The Kier molecular flexibility index (Phi) is 5.11. The number of aromatic nitrogens is 2. The van der Waals surface area contributed by atoms with Gasteiger partial charge in [0, 0.05) is 29.2 Å². The van der Waals surface area contributed by atoms with Gasteiger partial charge in [0.2, 0.25) is 0 Å². The van der Waals surface area contributed by atoms with Crippen LogP contribution in [0, 0.1) is 0 Å². The predicted octanol–water partition coefficient (Wildman–Crippen LogP) is 5.50. The number of nitrogens with zero attached hydrogens (tertiary/aromatic N) is 2. The summed E-state index contributed by atoms with van der Waals surface area (Å²) in [5, 5.41) is 6.11. The standard InChI is InChI=1S/C25H21N3OS/c29-25(27-16-17-10-12-26-13-11-17)23-20-7-1-2-9-22(20)28-24-18(5-3-8-21(23)24)15-19-6-4-14-30-19/h1-2,4,6-7,9-15H,3,5,8,16H2,(H,27,29)/b18-15+. The molecule has 0 fully saturated rings. The molecular weight excluding hydrogens is 390 g/mol. The molecule has 4 nitrogen and oxygen atoms in total. The highest BCUT2D eigenvalue weighted by molar-refractivity contribution is 7.10.